The average Bonchev–Trinajstić information content (AvgIpc) is 2.21. The van der Waals surface area contributed by atoms with Crippen molar-refractivity contribution in [3.63, 3.8) is 0 Å². The zero-order chi connectivity index (χ0) is 12.9. The monoisotopic (exact) mass is 241 g/mol. The van der Waals surface area contributed by atoms with Crippen LogP contribution in [0.25, 0.3) is 0 Å². The summed E-state index contributed by atoms with van der Waals surface area (Å²) in [5.74, 6) is 0. The van der Waals surface area contributed by atoms with Crippen LogP contribution in [-0.2, 0) is 0 Å². The molecule has 0 radical (unpaired) electrons. The molecule has 0 aromatic carbocycles. The summed E-state index contributed by atoms with van der Waals surface area (Å²) in [4.78, 5) is 5.07. The molecular weight excluding hydrogens is 210 g/mol. The number of hydrogen-bond acceptors (Lipinski definition) is 3. The molecule has 1 fully saturated rings. The number of rotatable bonds is 5. The molecule has 0 aromatic heterocycles. The number of piperazine rings is 1. The van der Waals surface area contributed by atoms with Gasteiger partial charge in [0.15, 0.2) is 0 Å². The summed E-state index contributed by atoms with van der Waals surface area (Å²) < 4.78 is 0. The van der Waals surface area contributed by atoms with Crippen LogP contribution >= 0.6 is 0 Å². The molecule has 102 valence electrons. The Morgan fingerprint density at radius 1 is 1.18 bits per heavy atom. The third-order valence-corrected chi connectivity index (χ3v) is 3.60. The van der Waals surface area contributed by atoms with Crippen LogP contribution in [0.1, 0.15) is 40.5 Å². The molecule has 1 unspecified atom stereocenters. The lowest BCUT2D eigenvalue weighted by Gasteiger charge is -2.37. The van der Waals surface area contributed by atoms with Crippen LogP contribution in [0.4, 0.5) is 0 Å². The highest BCUT2D eigenvalue weighted by molar-refractivity contribution is 4.76. The first kappa shape index (κ1) is 14.9. The van der Waals surface area contributed by atoms with Crippen LogP contribution < -0.4 is 5.32 Å². The SMILES string of the molecule is CC1CN(CCCCNC(C)(C)C)CCN1C. The van der Waals surface area contributed by atoms with Crippen LogP contribution in [0, 0.1) is 0 Å². The van der Waals surface area contributed by atoms with Gasteiger partial charge in [0.25, 0.3) is 0 Å². The average molecular weight is 241 g/mol. The molecule has 1 saturated heterocycles. The highest BCUT2D eigenvalue weighted by Gasteiger charge is 2.19. The number of unbranched alkanes of at least 4 members (excludes halogenated alkanes) is 1. The van der Waals surface area contributed by atoms with Gasteiger partial charge in [-0.2, -0.15) is 0 Å². The number of nitrogens with one attached hydrogen (secondary N) is 1. The molecule has 1 aliphatic heterocycles. The number of likely N-dealkylation sites (N-methyl/N-ethyl adjacent to an activating group) is 1. The van der Waals surface area contributed by atoms with Crippen molar-refractivity contribution in [3.8, 4) is 0 Å². The maximum absolute atomic E-state index is 3.55. The summed E-state index contributed by atoms with van der Waals surface area (Å²) in [6.45, 7) is 15.1. The molecule has 0 saturated carbocycles. The van der Waals surface area contributed by atoms with Crippen molar-refractivity contribution in [1.82, 2.24) is 15.1 Å². The maximum atomic E-state index is 3.55. The maximum Gasteiger partial charge on any atom is 0.0192 e. The number of nitrogens with zero attached hydrogens (tertiary/aromatic N) is 2. The summed E-state index contributed by atoms with van der Waals surface area (Å²) in [6.07, 6.45) is 2.61. The second kappa shape index (κ2) is 6.72. The fourth-order valence-electron chi connectivity index (χ4n) is 2.25. The lowest BCUT2D eigenvalue weighted by molar-refractivity contribution is 0.104. The van der Waals surface area contributed by atoms with Crippen LogP contribution in [0.2, 0.25) is 0 Å². The molecule has 3 nitrogen and oxygen atoms in total. The van der Waals surface area contributed by atoms with Gasteiger partial charge < -0.3 is 15.1 Å². The molecular formula is C14H31N3. The van der Waals surface area contributed by atoms with Gasteiger partial charge in [-0.3, -0.25) is 0 Å². The van der Waals surface area contributed by atoms with Gasteiger partial charge in [-0.25, -0.2) is 0 Å². The first-order chi connectivity index (χ1) is 7.88. The zero-order valence-electron chi connectivity index (χ0n) is 12.4. The summed E-state index contributed by atoms with van der Waals surface area (Å²) >= 11 is 0. The summed E-state index contributed by atoms with van der Waals surface area (Å²) in [7, 11) is 2.23. The van der Waals surface area contributed by atoms with Crippen molar-refractivity contribution in [2.45, 2.75) is 52.1 Å². The van der Waals surface area contributed by atoms with E-state index in [1.54, 1.807) is 0 Å². The van der Waals surface area contributed by atoms with E-state index in [4.69, 9.17) is 0 Å². The minimum atomic E-state index is 0.266. The van der Waals surface area contributed by atoms with Crippen molar-refractivity contribution in [2.75, 3.05) is 39.8 Å². The number of hydrogen-bond donors (Lipinski definition) is 1. The van der Waals surface area contributed by atoms with Gasteiger partial charge in [-0.15, -0.1) is 0 Å². The predicted octanol–water partition coefficient (Wildman–Crippen LogP) is 1.79. The van der Waals surface area contributed by atoms with Gasteiger partial charge in [-0.1, -0.05) is 0 Å². The van der Waals surface area contributed by atoms with Crippen molar-refractivity contribution in [1.29, 1.82) is 0 Å². The Labute approximate surface area is 108 Å². The van der Waals surface area contributed by atoms with Crippen LogP contribution in [0.3, 0.4) is 0 Å². The normalized spacial score (nSPS) is 24.2. The van der Waals surface area contributed by atoms with Gasteiger partial charge >= 0.3 is 0 Å². The first-order valence-corrected chi connectivity index (χ1v) is 7.06. The van der Waals surface area contributed by atoms with E-state index in [2.05, 4.69) is 49.9 Å². The van der Waals surface area contributed by atoms with Crippen LogP contribution in [0.5, 0.6) is 0 Å². The Kier molecular flexibility index (Phi) is 5.90. The molecule has 17 heavy (non-hydrogen) atoms. The molecule has 0 spiro atoms. The Morgan fingerprint density at radius 3 is 2.47 bits per heavy atom. The van der Waals surface area contributed by atoms with Gasteiger partial charge in [0, 0.05) is 31.2 Å². The third kappa shape index (κ3) is 6.39. The minimum Gasteiger partial charge on any atom is -0.312 e. The summed E-state index contributed by atoms with van der Waals surface area (Å²) in [5.41, 5.74) is 0.266. The third-order valence-electron chi connectivity index (χ3n) is 3.60. The van der Waals surface area contributed by atoms with Crippen molar-refractivity contribution in [3.05, 3.63) is 0 Å². The molecule has 1 N–H and O–H groups in total. The van der Waals surface area contributed by atoms with E-state index in [0.29, 0.717) is 0 Å². The quantitative estimate of drug-likeness (QED) is 0.740. The van der Waals surface area contributed by atoms with E-state index in [1.165, 1.54) is 39.0 Å². The Bertz CT molecular complexity index is 210. The van der Waals surface area contributed by atoms with E-state index in [9.17, 15) is 0 Å². The zero-order valence-corrected chi connectivity index (χ0v) is 12.4. The standard InChI is InChI=1S/C14H31N3/c1-13-12-17(11-10-16(13)5)9-7-6-8-15-14(2,3)4/h13,15H,6-12H2,1-5H3. The van der Waals surface area contributed by atoms with Crippen LogP contribution in [0.15, 0.2) is 0 Å². The molecule has 0 aliphatic carbocycles. The highest BCUT2D eigenvalue weighted by atomic mass is 15.3. The fourth-order valence-corrected chi connectivity index (χ4v) is 2.25. The van der Waals surface area contributed by atoms with Gasteiger partial charge in [0.2, 0.25) is 0 Å². The van der Waals surface area contributed by atoms with E-state index in [0.717, 1.165) is 12.6 Å². The van der Waals surface area contributed by atoms with E-state index in [-0.39, 0.29) is 5.54 Å². The van der Waals surface area contributed by atoms with Crippen molar-refractivity contribution < 1.29 is 0 Å². The predicted molar refractivity (Wildman–Crippen MR) is 75.5 cm³/mol. The highest BCUT2D eigenvalue weighted by Crippen LogP contribution is 2.08. The molecule has 0 amide bonds. The van der Waals surface area contributed by atoms with Gasteiger partial charge in [-0.05, 0) is 60.7 Å². The molecule has 1 heterocycles. The smallest absolute Gasteiger partial charge is 0.0192 e. The largest absolute Gasteiger partial charge is 0.312 e. The van der Waals surface area contributed by atoms with Crippen molar-refractivity contribution >= 4 is 0 Å². The van der Waals surface area contributed by atoms with Crippen molar-refractivity contribution in [2.24, 2.45) is 0 Å². The molecule has 1 rings (SSSR count). The Morgan fingerprint density at radius 2 is 1.88 bits per heavy atom. The summed E-state index contributed by atoms with van der Waals surface area (Å²) in [5, 5.41) is 3.55. The second-order valence-corrected chi connectivity index (χ2v) is 6.51. The van der Waals surface area contributed by atoms with Crippen LogP contribution in [-0.4, -0.2) is 61.2 Å². The first-order valence-electron chi connectivity index (χ1n) is 7.06. The van der Waals surface area contributed by atoms with E-state index in [1.807, 2.05) is 0 Å². The van der Waals surface area contributed by atoms with E-state index < -0.39 is 0 Å². The molecule has 1 aliphatic rings. The molecule has 3 heteroatoms. The second-order valence-electron chi connectivity index (χ2n) is 6.51. The Balaban J connectivity index is 2.04. The topological polar surface area (TPSA) is 18.5 Å². The molecule has 0 bridgehead atoms. The lowest BCUT2D eigenvalue weighted by atomic mass is 10.1. The Hall–Kier alpha value is -0.120. The fraction of sp³-hybridized carbons (Fsp3) is 1.00. The van der Waals surface area contributed by atoms with E-state index >= 15 is 0 Å². The molecule has 0 aromatic rings. The summed E-state index contributed by atoms with van der Waals surface area (Å²) in [6, 6.07) is 0.719. The minimum absolute atomic E-state index is 0.266. The lowest BCUT2D eigenvalue weighted by Crippen LogP contribution is -2.50. The molecule has 1 atom stereocenters. The van der Waals surface area contributed by atoms with Gasteiger partial charge in [0.05, 0.1) is 0 Å². The van der Waals surface area contributed by atoms with Gasteiger partial charge in [0.1, 0.15) is 0 Å².